The standard InChI is InChI=1S/C16H23N2O3P/c19-10-17-14-5-1-12(2-6-14)16(9-22-21)13-3-7-15(8-4-13)18-11-20/h12-16H,1-9H2. The molecule has 0 bridgehead atoms. The molecule has 0 saturated heterocycles. The highest BCUT2D eigenvalue weighted by molar-refractivity contribution is 7.23. The van der Waals surface area contributed by atoms with E-state index in [0.717, 1.165) is 57.5 Å². The lowest BCUT2D eigenvalue weighted by atomic mass is 9.69. The van der Waals surface area contributed by atoms with Gasteiger partial charge in [-0.3, -0.25) is 4.57 Å². The number of aliphatic imine (C=N–C) groups is 2. The zero-order valence-corrected chi connectivity index (χ0v) is 13.7. The molecule has 0 aliphatic heterocycles. The highest BCUT2D eigenvalue weighted by Gasteiger charge is 2.34. The lowest BCUT2D eigenvalue weighted by Crippen LogP contribution is -2.32. The van der Waals surface area contributed by atoms with E-state index < -0.39 is 0 Å². The molecule has 0 aromatic heterocycles. The molecule has 2 saturated carbocycles. The van der Waals surface area contributed by atoms with Gasteiger partial charge < -0.3 is 0 Å². The summed E-state index contributed by atoms with van der Waals surface area (Å²) in [5.41, 5.74) is 0. The number of hydrogen-bond acceptors (Lipinski definition) is 5. The first-order chi connectivity index (χ1) is 10.8. The van der Waals surface area contributed by atoms with Crippen LogP contribution in [0.25, 0.3) is 0 Å². The monoisotopic (exact) mass is 322 g/mol. The van der Waals surface area contributed by atoms with E-state index in [1.54, 1.807) is 12.2 Å². The number of isocyanates is 2. The van der Waals surface area contributed by atoms with Gasteiger partial charge in [0.15, 0.2) is 8.46 Å². The van der Waals surface area contributed by atoms with Gasteiger partial charge in [-0.2, -0.15) is 0 Å². The third-order valence-electron chi connectivity index (χ3n) is 5.45. The van der Waals surface area contributed by atoms with Gasteiger partial charge in [0.25, 0.3) is 0 Å². The molecule has 2 aliphatic rings. The predicted octanol–water partition coefficient (Wildman–Crippen LogP) is 3.68. The van der Waals surface area contributed by atoms with Crippen LogP contribution in [0.1, 0.15) is 51.4 Å². The van der Waals surface area contributed by atoms with Gasteiger partial charge in [0.1, 0.15) is 0 Å². The van der Waals surface area contributed by atoms with Crippen molar-refractivity contribution in [1.82, 2.24) is 0 Å². The Morgan fingerprint density at radius 3 is 1.55 bits per heavy atom. The van der Waals surface area contributed by atoms with E-state index in [-0.39, 0.29) is 20.5 Å². The average Bonchev–Trinajstić information content (AvgIpc) is 2.55. The van der Waals surface area contributed by atoms with Crippen molar-refractivity contribution in [2.45, 2.75) is 63.5 Å². The number of carbonyl (C=O) groups excluding carboxylic acids is 2. The summed E-state index contributed by atoms with van der Waals surface area (Å²) in [6.45, 7) is 0. The van der Waals surface area contributed by atoms with E-state index in [1.165, 1.54) is 0 Å². The Kier molecular flexibility index (Phi) is 7.12. The fraction of sp³-hybridized carbons (Fsp3) is 0.875. The number of hydrogen-bond donors (Lipinski definition) is 0. The Hall–Kier alpha value is -1.14. The Balaban J connectivity index is 1.91. The van der Waals surface area contributed by atoms with E-state index in [4.69, 9.17) is 0 Å². The molecule has 22 heavy (non-hydrogen) atoms. The molecular formula is C16H23N2O3P. The van der Waals surface area contributed by atoms with Gasteiger partial charge in [-0.05, 0) is 69.1 Å². The Morgan fingerprint density at radius 2 is 1.23 bits per heavy atom. The van der Waals surface area contributed by atoms with Crippen molar-refractivity contribution in [2.24, 2.45) is 27.7 Å². The van der Waals surface area contributed by atoms with Crippen molar-refractivity contribution in [3.63, 3.8) is 0 Å². The summed E-state index contributed by atoms with van der Waals surface area (Å²) < 4.78 is 11.2. The molecule has 0 heterocycles. The van der Waals surface area contributed by atoms with Crippen LogP contribution in [0.4, 0.5) is 0 Å². The van der Waals surface area contributed by atoms with Crippen molar-refractivity contribution in [3.05, 3.63) is 0 Å². The fourth-order valence-corrected chi connectivity index (χ4v) is 5.00. The van der Waals surface area contributed by atoms with Crippen LogP contribution in [0.3, 0.4) is 0 Å². The third kappa shape index (κ3) is 4.68. The van der Waals surface area contributed by atoms with Gasteiger partial charge in [-0.1, -0.05) is 0 Å². The largest absolute Gasteiger partial charge is 0.275 e. The zero-order valence-electron chi connectivity index (χ0n) is 12.8. The lowest BCUT2D eigenvalue weighted by Gasteiger charge is -2.38. The zero-order chi connectivity index (χ0) is 15.8. The van der Waals surface area contributed by atoms with Crippen molar-refractivity contribution in [2.75, 3.05) is 6.16 Å². The molecule has 0 radical (unpaired) electrons. The summed E-state index contributed by atoms with van der Waals surface area (Å²) in [6.07, 6.45) is 12.1. The molecule has 2 aliphatic carbocycles. The van der Waals surface area contributed by atoms with E-state index >= 15 is 0 Å². The van der Waals surface area contributed by atoms with E-state index in [0.29, 0.717) is 17.8 Å². The minimum Gasteiger partial charge on any atom is -0.275 e. The highest BCUT2D eigenvalue weighted by Crippen LogP contribution is 2.42. The van der Waals surface area contributed by atoms with E-state index in [1.807, 2.05) is 0 Å². The molecule has 5 nitrogen and oxygen atoms in total. The topological polar surface area (TPSA) is 75.9 Å². The summed E-state index contributed by atoms with van der Waals surface area (Å²) in [5, 5.41) is 0. The summed E-state index contributed by atoms with van der Waals surface area (Å²) >= 11 is 0. The average molecular weight is 322 g/mol. The molecule has 0 aromatic rings. The first kappa shape index (κ1) is 17.2. The first-order valence-electron chi connectivity index (χ1n) is 8.21. The van der Waals surface area contributed by atoms with E-state index in [9.17, 15) is 14.2 Å². The maximum atomic E-state index is 11.2. The summed E-state index contributed by atoms with van der Waals surface area (Å²) in [6, 6.07) is 0.272. The van der Waals surface area contributed by atoms with Crippen LogP contribution in [0.2, 0.25) is 0 Å². The second-order valence-electron chi connectivity index (χ2n) is 6.55. The molecular weight excluding hydrogens is 299 g/mol. The van der Waals surface area contributed by atoms with Gasteiger partial charge in [0.05, 0.1) is 12.1 Å². The maximum Gasteiger partial charge on any atom is 0.235 e. The second-order valence-corrected chi connectivity index (χ2v) is 7.18. The summed E-state index contributed by atoms with van der Waals surface area (Å²) in [5.74, 6) is 1.63. The molecule has 0 atom stereocenters. The van der Waals surface area contributed by atoms with Crippen LogP contribution in [0, 0.1) is 17.8 Å². The minimum absolute atomic E-state index is 0.136. The Bertz CT molecular complexity index is 418. The first-order valence-corrected chi connectivity index (χ1v) is 9.21. The highest BCUT2D eigenvalue weighted by atomic mass is 31.1. The molecule has 0 aromatic carbocycles. The predicted molar refractivity (Wildman–Crippen MR) is 83.7 cm³/mol. The second kappa shape index (κ2) is 9.10. The van der Waals surface area contributed by atoms with Crippen molar-refractivity contribution < 1.29 is 14.2 Å². The fourth-order valence-electron chi connectivity index (χ4n) is 4.24. The molecule has 0 N–H and O–H groups in total. The minimum atomic E-state index is 0.136. The lowest BCUT2D eigenvalue weighted by molar-refractivity contribution is 0.150. The van der Waals surface area contributed by atoms with Crippen LogP contribution in [0.5, 0.6) is 0 Å². The third-order valence-corrected chi connectivity index (χ3v) is 6.02. The maximum absolute atomic E-state index is 11.2. The van der Waals surface area contributed by atoms with Gasteiger partial charge in [-0.25, -0.2) is 19.6 Å². The molecule has 6 heteroatoms. The number of nitrogens with zero attached hydrogens (tertiary/aromatic N) is 2. The molecule has 120 valence electrons. The van der Waals surface area contributed by atoms with Crippen LogP contribution in [0.15, 0.2) is 9.98 Å². The summed E-state index contributed by atoms with van der Waals surface area (Å²) in [4.78, 5) is 28.4. The SMILES string of the molecule is O=C=NC1CCC(C(CP=O)C2CCC(N=C=O)CC2)CC1. The van der Waals surface area contributed by atoms with Crippen molar-refractivity contribution in [1.29, 1.82) is 0 Å². The molecule has 0 spiro atoms. The molecule has 2 rings (SSSR count). The van der Waals surface area contributed by atoms with Crippen LogP contribution in [-0.2, 0) is 14.2 Å². The van der Waals surface area contributed by atoms with Crippen LogP contribution in [-0.4, -0.2) is 30.4 Å². The van der Waals surface area contributed by atoms with Crippen molar-refractivity contribution >= 4 is 20.6 Å². The van der Waals surface area contributed by atoms with Crippen molar-refractivity contribution in [3.8, 4) is 0 Å². The smallest absolute Gasteiger partial charge is 0.235 e. The van der Waals surface area contributed by atoms with Gasteiger partial charge in [0.2, 0.25) is 12.2 Å². The molecule has 2 fully saturated rings. The Morgan fingerprint density at radius 1 is 0.818 bits per heavy atom. The van der Waals surface area contributed by atoms with E-state index in [2.05, 4.69) is 9.98 Å². The summed E-state index contributed by atoms with van der Waals surface area (Å²) in [7, 11) is 0.226. The normalized spacial score (nSPS) is 33.5. The van der Waals surface area contributed by atoms with Gasteiger partial charge in [0, 0.05) is 6.16 Å². The van der Waals surface area contributed by atoms with Gasteiger partial charge in [-0.15, -0.1) is 0 Å². The molecule has 0 amide bonds. The van der Waals surface area contributed by atoms with Gasteiger partial charge >= 0.3 is 0 Å². The number of rotatable bonds is 6. The van der Waals surface area contributed by atoms with Crippen LogP contribution >= 0.6 is 8.46 Å². The Labute approximate surface area is 132 Å². The van der Waals surface area contributed by atoms with Crippen LogP contribution < -0.4 is 0 Å². The quantitative estimate of drug-likeness (QED) is 0.425. The molecule has 0 unspecified atom stereocenters.